The van der Waals surface area contributed by atoms with Gasteiger partial charge in [-0.3, -0.25) is 14.9 Å². The van der Waals surface area contributed by atoms with Gasteiger partial charge in [0.2, 0.25) is 13.9 Å². The molecular weight excluding hydrogens is 398 g/mol. The van der Waals surface area contributed by atoms with Crippen LogP contribution in [0.3, 0.4) is 0 Å². The van der Waals surface area contributed by atoms with Gasteiger partial charge in [0, 0.05) is 12.0 Å². The number of imide groups is 1. The lowest BCUT2D eigenvalue weighted by Crippen LogP contribution is -2.43. The number of aryl methyl sites for hydroxylation is 1. The zero-order chi connectivity index (χ0) is 20.4. The van der Waals surface area contributed by atoms with E-state index in [9.17, 15) is 18.0 Å². The summed E-state index contributed by atoms with van der Waals surface area (Å²) in [4.78, 5) is 24.2. The lowest BCUT2D eigenvalue weighted by molar-refractivity contribution is -0.119. The Bertz CT molecular complexity index is 1080. The minimum atomic E-state index is -4.20. The first kappa shape index (κ1) is 20.0. The number of hydrogen-bond donors (Lipinski definition) is 1. The van der Waals surface area contributed by atoms with E-state index in [1.807, 2.05) is 19.1 Å². The lowest BCUT2D eigenvalue weighted by atomic mass is 10.1. The van der Waals surface area contributed by atoms with Crippen molar-refractivity contribution in [1.29, 1.82) is 0 Å². The average molecular weight is 415 g/mol. The number of carbonyl (C=O) groups is 2. The van der Waals surface area contributed by atoms with Crippen molar-refractivity contribution in [3.05, 3.63) is 59.7 Å². The van der Waals surface area contributed by atoms with Crippen molar-refractivity contribution in [2.75, 3.05) is 7.11 Å². The van der Waals surface area contributed by atoms with Crippen LogP contribution in [-0.4, -0.2) is 30.8 Å². The highest BCUT2D eigenvalue weighted by atomic mass is 32.3. The Hall–Kier alpha value is -2.76. The standard InChI is InChI=1S/C20H17NO5S2/c1-14-5-7-15(8-6-14)4-3-13-20(18(22)21-19(23)27-20)28(24,25)17-11-9-16(26-2)10-12-17/h5-12H,13H2,1-2H3,(H,21,22,23). The third-order valence-electron chi connectivity index (χ3n) is 4.23. The summed E-state index contributed by atoms with van der Waals surface area (Å²) in [5, 5.41) is 1.37. The molecule has 0 saturated carbocycles. The molecule has 3 rings (SSSR count). The van der Waals surface area contributed by atoms with Crippen molar-refractivity contribution in [3.63, 3.8) is 0 Å². The SMILES string of the molecule is COc1ccc(S(=O)(=O)C2(CC#Cc3ccc(C)cc3)SC(=O)NC2=O)cc1. The molecule has 1 atom stereocenters. The number of benzene rings is 2. The molecule has 1 fully saturated rings. The minimum absolute atomic E-state index is 0.0808. The highest BCUT2D eigenvalue weighted by Crippen LogP contribution is 2.43. The van der Waals surface area contributed by atoms with Crippen LogP contribution in [0.5, 0.6) is 5.75 Å². The summed E-state index contributed by atoms with van der Waals surface area (Å²) in [6.45, 7) is 1.94. The van der Waals surface area contributed by atoms with E-state index in [1.165, 1.54) is 31.4 Å². The summed E-state index contributed by atoms with van der Waals surface area (Å²) in [5.41, 5.74) is 1.76. The van der Waals surface area contributed by atoms with E-state index in [0.29, 0.717) is 23.1 Å². The molecule has 2 aromatic rings. The van der Waals surface area contributed by atoms with E-state index in [-0.39, 0.29) is 11.3 Å². The summed E-state index contributed by atoms with van der Waals surface area (Å²) in [6.07, 6.45) is -0.322. The van der Waals surface area contributed by atoms with Crippen LogP contribution in [0.4, 0.5) is 4.79 Å². The number of carbonyl (C=O) groups excluding carboxylic acids is 2. The Morgan fingerprint density at radius 2 is 1.71 bits per heavy atom. The van der Waals surface area contributed by atoms with E-state index >= 15 is 0 Å². The van der Waals surface area contributed by atoms with Crippen molar-refractivity contribution in [1.82, 2.24) is 5.32 Å². The second-order valence-electron chi connectivity index (χ2n) is 6.12. The fraction of sp³-hybridized carbons (Fsp3) is 0.200. The van der Waals surface area contributed by atoms with Gasteiger partial charge in [-0.05, 0) is 55.1 Å². The molecule has 1 saturated heterocycles. The first-order valence-corrected chi connectivity index (χ1v) is 10.6. The summed E-state index contributed by atoms with van der Waals surface area (Å²) in [7, 11) is -2.73. The number of hydrogen-bond acceptors (Lipinski definition) is 6. The van der Waals surface area contributed by atoms with Crippen LogP contribution in [-0.2, 0) is 14.6 Å². The van der Waals surface area contributed by atoms with Gasteiger partial charge in [0.15, 0.2) is 0 Å². The molecular formula is C20H17NO5S2. The van der Waals surface area contributed by atoms with Crippen molar-refractivity contribution >= 4 is 32.7 Å². The third kappa shape index (κ3) is 3.63. The highest BCUT2D eigenvalue weighted by molar-refractivity contribution is 8.25. The molecule has 28 heavy (non-hydrogen) atoms. The zero-order valence-corrected chi connectivity index (χ0v) is 16.8. The molecule has 0 bridgehead atoms. The summed E-state index contributed by atoms with van der Waals surface area (Å²) in [6, 6.07) is 13.0. The number of rotatable bonds is 4. The normalized spacial score (nSPS) is 18.9. The molecule has 0 aliphatic carbocycles. The summed E-state index contributed by atoms with van der Waals surface area (Å²) < 4.78 is 29.5. The molecule has 0 aromatic heterocycles. The molecule has 2 amide bonds. The van der Waals surface area contributed by atoms with E-state index in [1.54, 1.807) is 12.1 Å². The molecule has 6 nitrogen and oxygen atoms in total. The molecule has 1 N–H and O–H groups in total. The number of thioether (sulfide) groups is 1. The number of methoxy groups -OCH3 is 1. The highest BCUT2D eigenvalue weighted by Gasteiger charge is 2.58. The predicted octanol–water partition coefficient (Wildman–Crippen LogP) is 2.90. The van der Waals surface area contributed by atoms with Crippen LogP contribution in [0.2, 0.25) is 0 Å². The molecule has 1 aliphatic rings. The lowest BCUT2D eigenvalue weighted by Gasteiger charge is -2.22. The average Bonchev–Trinajstić information content (AvgIpc) is 2.98. The van der Waals surface area contributed by atoms with Crippen molar-refractivity contribution < 1.29 is 22.7 Å². The largest absolute Gasteiger partial charge is 0.497 e. The van der Waals surface area contributed by atoms with Gasteiger partial charge in [0.25, 0.3) is 11.1 Å². The molecule has 0 radical (unpaired) electrons. The molecule has 1 unspecified atom stereocenters. The number of amides is 2. The predicted molar refractivity (Wildman–Crippen MR) is 107 cm³/mol. The first-order valence-electron chi connectivity index (χ1n) is 8.27. The van der Waals surface area contributed by atoms with Crippen LogP contribution in [0.25, 0.3) is 0 Å². The molecule has 8 heteroatoms. The number of sulfone groups is 1. The smallest absolute Gasteiger partial charge is 0.287 e. The van der Waals surface area contributed by atoms with Gasteiger partial charge in [-0.15, -0.1) is 0 Å². The van der Waals surface area contributed by atoms with Gasteiger partial charge in [0.05, 0.1) is 12.0 Å². The van der Waals surface area contributed by atoms with Crippen LogP contribution in [0.15, 0.2) is 53.4 Å². The maximum absolute atomic E-state index is 13.3. The maximum atomic E-state index is 13.3. The van der Waals surface area contributed by atoms with Crippen molar-refractivity contribution in [2.24, 2.45) is 0 Å². The van der Waals surface area contributed by atoms with E-state index in [0.717, 1.165) is 5.56 Å². The van der Waals surface area contributed by atoms with E-state index in [4.69, 9.17) is 4.74 Å². The third-order valence-corrected chi connectivity index (χ3v) is 8.17. The topological polar surface area (TPSA) is 89.5 Å². The Balaban J connectivity index is 2.00. The van der Waals surface area contributed by atoms with Gasteiger partial charge in [-0.2, -0.15) is 0 Å². The van der Waals surface area contributed by atoms with Gasteiger partial charge in [-0.1, -0.05) is 29.5 Å². The Morgan fingerprint density at radius 3 is 2.25 bits per heavy atom. The number of ether oxygens (including phenoxy) is 1. The Kier molecular flexibility index (Phi) is 5.49. The zero-order valence-electron chi connectivity index (χ0n) is 15.2. The molecule has 144 valence electrons. The van der Waals surface area contributed by atoms with Crippen LogP contribution >= 0.6 is 11.8 Å². The van der Waals surface area contributed by atoms with E-state index < -0.39 is 25.1 Å². The second kappa shape index (κ2) is 7.70. The Morgan fingerprint density at radius 1 is 1.07 bits per heavy atom. The Labute approximate surface area is 167 Å². The van der Waals surface area contributed by atoms with Gasteiger partial charge in [-0.25, -0.2) is 8.42 Å². The monoisotopic (exact) mass is 415 g/mol. The van der Waals surface area contributed by atoms with Crippen LogP contribution < -0.4 is 10.1 Å². The molecule has 0 spiro atoms. The quantitative estimate of drug-likeness (QED) is 0.773. The molecule has 1 heterocycles. The number of nitrogens with one attached hydrogen (secondary N) is 1. The minimum Gasteiger partial charge on any atom is -0.497 e. The maximum Gasteiger partial charge on any atom is 0.287 e. The molecule has 2 aromatic carbocycles. The van der Waals surface area contributed by atoms with Crippen LogP contribution in [0.1, 0.15) is 17.5 Å². The fourth-order valence-electron chi connectivity index (χ4n) is 2.64. The van der Waals surface area contributed by atoms with Crippen LogP contribution in [0, 0.1) is 18.8 Å². The fourth-order valence-corrected chi connectivity index (χ4v) is 5.76. The van der Waals surface area contributed by atoms with Crippen molar-refractivity contribution in [2.45, 2.75) is 22.3 Å². The van der Waals surface area contributed by atoms with E-state index in [2.05, 4.69) is 17.2 Å². The van der Waals surface area contributed by atoms with Gasteiger partial charge in [0.1, 0.15) is 5.75 Å². The summed E-state index contributed by atoms with van der Waals surface area (Å²) >= 11 is 0.449. The molecule has 1 aliphatic heterocycles. The summed E-state index contributed by atoms with van der Waals surface area (Å²) in [5.74, 6) is 5.23. The second-order valence-corrected chi connectivity index (χ2v) is 9.83. The van der Waals surface area contributed by atoms with Gasteiger partial charge >= 0.3 is 0 Å². The van der Waals surface area contributed by atoms with Gasteiger partial charge < -0.3 is 4.74 Å². The first-order chi connectivity index (χ1) is 13.3. The van der Waals surface area contributed by atoms with Crippen molar-refractivity contribution in [3.8, 4) is 17.6 Å².